The van der Waals surface area contributed by atoms with Crippen LogP contribution in [-0.4, -0.2) is 24.7 Å². The lowest BCUT2D eigenvalue weighted by Gasteiger charge is -2.28. The molecule has 1 aromatic rings. The van der Waals surface area contributed by atoms with Crippen LogP contribution in [0.1, 0.15) is 32.4 Å². The van der Waals surface area contributed by atoms with Crippen LogP contribution in [-0.2, 0) is 4.74 Å². The third kappa shape index (κ3) is 5.67. The first-order valence-electron chi connectivity index (χ1n) is 6.77. The standard InChI is InChI=1S/C15H22F2N2O2/c1-15(2,3)21-14(20)19-12(11(9-18)13(16)17)10-7-5-4-6-8-10/h4-8,11-13H,9,18H2,1-3H3,(H,19,20). The second-order valence-corrected chi connectivity index (χ2v) is 5.77. The molecule has 3 N–H and O–H groups in total. The van der Waals surface area contributed by atoms with Crippen LogP contribution in [0, 0.1) is 5.92 Å². The second kappa shape index (κ2) is 7.36. The van der Waals surface area contributed by atoms with Gasteiger partial charge in [-0.25, -0.2) is 13.6 Å². The third-order valence-corrected chi connectivity index (χ3v) is 2.85. The molecule has 0 spiro atoms. The van der Waals surface area contributed by atoms with Crippen LogP contribution in [0.25, 0.3) is 0 Å². The average Bonchev–Trinajstić information content (AvgIpc) is 2.37. The molecular formula is C15H22F2N2O2. The van der Waals surface area contributed by atoms with Gasteiger partial charge in [0.15, 0.2) is 0 Å². The number of benzene rings is 1. The minimum atomic E-state index is -2.64. The minimum absolute atomic E-state index is 0.243. The molecule has 0 saturated carbocycles. The summed E-state index contributed by atoms with van der Waals surface area (Å²) in [5.74, 6) is -1.18. The maximum atomic E-state index is 13.2. The molecule has 1 amide bonds. The van der Waals surface area contributed by atoms with Gasteiger partial charge in [0, 0.05) is 6.54 Å². The Labute approximate surface area is 123 Å². The van der Waals surface area contributed by atoms with E-state index in [0.29, 0.717) is 5.56 Å². The van der Waals surface area contributed by atoms with Crippen molar-refractivity contribution in [3.05, 3.63) is 35.9 Å². The Balaban J connectivity index is 2.95. The largest absolute Gasteiger partial charge is 0.444 e. The Kier molecular flexibility index (Phi) is 6.08. The first kappa shape index (κ1) is 17.4. The number of halogens is 2. The molecule has 0 bridgehead atoms. The number of carbonyl (C=O) groups excluding carboxylic acids is 1. The number of amides is 1. The fourth-order valence-corrected chi connectivity index (χ4v) is 1.92. The lowest BCUT2D eigenvalue weighted by atomic mass is 9.93. The van der Waals surface area contributed by atoms with Crippen molar-refractivity contribution >= 4 is 6.09 Å². The highest BCUT2D eigenvalue weighted by Gasteiger charge is 2.32. The predicted molar refractivity (Wildman–Crippen MR) is 77.1 cm³/mol. The Morgan fingerprint density at radius 3 is 2.29 bits per heavy atom. The van der Waals surface area contributed by atoms with Gasteiger partial charge in [-0.1, -0.05) is 30.3 Å². The molecule has 0 radical (unpaired) electrons. The number of hydrogen-bond acceptors (Lipinski definition) is 3. The van der Waals surface area contributed by atoms with Crippen molar-refractivity contribution in [1.29, 1.82) is 0 Å². The van der Waals surface area contributed by atoms with Crippen molar-refractivity contribution in [1.82, 2.24) is 5.32 Å². The summed E-state index contributed by atoms with van der Waals surface area (Å²) in [4.78, 5) is 11.9. The molecule has 0 aliphatic heterocycles. The van der Waals surface area contributed by atoms with Gasteiger partial charge in [0.2, 0.25) is 6.43 Å². The van der Waals surface area contributed by atoms with Crippen LogP contribution in [0.3, 0.4) is 0 Å². The van der Waals surface area contributed by atoms with Gasteiger partial charge in [-0.15, -0.1) is 0 Å². The normalized spacial score (nSPS) is 14.6. The van der Waals surface area contributed by atoms with Gasteiger partial charge in [0.25, 0.3) is 0 Å². The molecule has 0 aliphatic rings. The summed E-state index contributed by atoms with van der Waals surface area (Å²) >= 11 is 0. The van der Waals surface area contributed by atoms with E-state index in [1.165, 1.54) is 0 Å². The van der Waals surface area contributed by atoms with E-state index in [9.17, 15) is 13.6 Å². The highest BCUT2D eigenvalue weighted by atomic mass is 19.3. The summed E-state index contributed by atoms with van der Waals surface area (Å²) in [5.41, 5.74) is 5.31. The molecule has 2 unspecified atom stereocenters. The summed E-state index contributed by atoms with van der Waals surface area (Å²) < 4.78 is 31.4. The lowest BCUT2D eigenvalue weighted by Crippen LogP contribution is -2.42. The minimum Gasteiger partial charge on any atom is -0.444 e. The summed E-state index contributed by atoms with van der Waals surface area (Å²) in [5, 5.41) is 2.50. The Morgan fingerprint density at radius 1 is 1.29 bits per heavy atom. The summed E-state index contributed by atoms with van der Waals surface area (Å²) in [6, 6.07) is 7.66. The molecule has 0 aliphatic carbocycles. The molecule has 0 saturated heterocycles. The van der Waals surface area contributed by atoms with Gasteiger partial charge in [-0.2, -0.15) is 0 Å². The van der Waals surface area contributed by atoms with E-state index in [-0.39, 0.29) is 6.54 Å². The SMILES string of the molecule is CC(C)(C)OC(=O)NC(c1ccccc1)C(CN)C(F)F. The fourth-order valence-electron chi connectivity index (χ4n) is 1.92. The van der Waals surface area contributed by atoms with Crippen LogP contribution in [0.15, 0.2) is 30.3 Å². The first-order valence-corrected chi connectivity index (χ1v) is 6.77. The number of carbonyl (C=O) groups is 1. The highest BCUT2D eigenvalue weighted by Crippen LogP contribution is 2.27. The van der Waals surface area contributed by atoms with Crippen LogP contribution >= 0.6 is 0 Å². The molecule has 4 nitrogen and oxygen atoms in total. The Morgan fingerprint density at radius 2 is 1.86 bits per heavy atom. The molecular weight excluding hydrogens is 278 g/mol. The van der Waals surface area contributed by atoms with E-state index in [0.717, 1.165) is 0 Å². The van der Waals surface area contributed by atoms with Gasteiger partial charge in [-0.05, 0) is 26.3 Å². The van der Waals surface area contributed by atoms with Crippen LogP contribution in [0.5, 0.6) is 0 Å². The monoisotopic (exact) mass is 300 g/mol. The third-order valence-electron chi connectivity index (χ3n) is 2.85. The molecule has 21 heavy (non-hydrogen) atoms. The number of rotatable bonds is 5. The number of hydrogen-bond donors (Lipinski definition) is 2. The molecule has 6 heteroatoms. The topological polar surface area (TPSA) is 64.3 Å². The van der Waals surface area contributed by atoms with Crippen LogP contribution in [0.2, 0.25) is 0 Å². The summed E-state index contributed by atoms with van der Waals surface area (Å²) in [7, 11) is 0. The zero-order valence-corrected chi connectivity index (χ0v) is 12.5. The Bertz CT molecular complexity index is 447. The number of ether oxygens (including phenoxy) is 1. The van der Waals surface area contributed by atoms with Gasteiger partial charge in [0.1, 0.15) is 5.60 Å². The van der Waals surface area contributed by atoms with E-state index >= 15 is 0 Å². The molecule has 0 aromatic heterocycles. The van der Waals surface area contributed by atoms with Crippen molar-refractivity contribution in [2.75, 3.05) is 6.54 Å². The average molecular weight is 300 g/mol. The molecule has 1 rings (SSSR count). The van der Waals surface area contributed by atoms with Gasteiger partial charge < -0.3 is 15.8 Å². The van der Waals surface area contributed by atoms with Crippen LogP contribution < -0.4 is 11.1 Å². The fraction of sp³-hybridized carbons (Fsp3) is 0.533. The molecule has 2 atom stereocenters. The van der Waals surface area contributed by atoms with Crippen molar-refractivity contribution in [2.24, 2.45) is 11.7 Å². The van der Waals surface area contributed by atoms with E-state index in [1.54, 1.807) is 51.1 Å². The van der Waals surface area contributed by atoms with E-state index in [2.05, 4.69) is 5.32 Å². The maximum Gasteiger partial charge on any atom is 0.408 e. The van der Waals surface area contributed by atoms with Gasteiger partial charge >= 0.3 is 6.09 Å². The second-order valence-electron chi connectivity index (χ2n) is 5.77. The number of alkyl carbamates (subject to hydrolysis) is 1. The smallest absolute Gasteiger partial charge is 0.408 e. The molecule has 118 valence electrons. The van der Waals surface area contributed by atoms with Gasteiger partial charge in [0.05, 0.1) is 12.0 Å². The zero-order chi connectivity index (χ0) is 16.0. The first-order chi connectivity index (χ1) is 9.74. The predicted octanol–water partition coefficient (Wildman–Crippen LogP) is 3.09. The lowest BCUT2D eigenvalue weighted by molar-refractivity contribution is 0.0341. The van der Waals surface area contributed by atoms with E-state index < -0.39 is 30.1 Å². The van der Waals surface area contributed by atoms with Crippen molar-refractivity contribution in [3.8, 4) is 0 Å². The van der Waals surface area contributed by atoms with Crippen molar-refractivity contribution in [3.63, 3.8) is 0 Å². The molecule has 0 fully saturated rings. The maximum absolute atomic E-state index is 13.2. The number of nitrogens with one attached hydrogen (secondary N) is 1. The quantitative estimate of drug-likeness (QED) is 0.878. The number of alkyl halides is 2. The number of nitrogens with two attached hydrogens (primary N) is 1. The van der Waals surface area contributed by atoms with Crippen molar-refractivity contribution in [2.45, 2.75) is 38.8 Å². The highest BCUT2D eigenvalue weighted by molar-refractivity contribution is 5.68. The van der Waals surface area contributed by atoms with E-state index in [4.69, 9.17) is 10.5 Å². The van der Waals surface area contributed by atoms with Crippen LogP contribution in [0.4, 0.5) is 13.6 Å². The van der Waals surface area contributed by atoms with Crippen molar-refractivity contribution < 1.29 is 18.3 Å². The molecule has 1 aromatic carbocycles. The van der Waals surface area contributed by atoms with E-state index in [1.807, 2.05) is 0 Å². The van der Waals surface area contributed by atoms with Gasteiger partial charge in [-0.3, -0.25) is 0 Å². The zero-order valence-electron chi connectivity index (χ0n) is 12.5. The Hall–Kier alpha value is -1.69. The summed E-state index contributed by atoms with van der Waals surface area (Å²) in [6.45, 7) is 4.87. The summed E-state index contributed by atoms with van der Waals surface area (Å²) in [6.07, 6.45) is -3.38. The molecule has 0 heterocycles.